The van der Waals surface area contributed by atoms with E-state index in [4.69, 9.17) is 32.3 Å². The van der Waals surface area contributed by atoms with E-state index in [1.54, 1.807) is 0 Å². The van der Waals surface area contributed by atoms with E-state index in [0.29, 0.717) is 19.3 Å². The van der Waals surface area contributed by atoms with Crippen LogP contribution < -0.4 is 0 Å². The highest BCUT2D eigenvalue weighted by molar-refractivity contribution is 7.47. The molecule has 0 aliphatic carbocycles. The smallest absolute Gasteiger partial charge is 0.463 e. The average Bonchev–Trinajstić information content (AvgIpc) is 0.899. The molecule has 0 radical (unpaired) electrons. The molecule has 0 bridgehead atoms. The molecule has 0 fully saturated rings. The number of allylic oxidation sites excluding steroid dienone is 24. The fourth-order valence-electron chi connectivity index (χ4n) is 12.2. The summed E-state index contributed by atoms with van der Waals surface area (Å²) in [5, 5.41) is 20.7. The van der Waals surface area contributed by atoms with Crippen LogP contribution in [0.5, 0.6) is 0 Å². The third-order valence-electron chi connectivity index (χ3n) is 19.0. The molecule has 16 nitrogen and oxygen atoms in total. The van der Waals surface area contributed by atoms with Crippen LogP contribution in [-0.2, 0) is 55.8 Å². The second-order valence-corrected chi connectivity index (χ2v) is 32.9. The van der Waals surface area contributed by atoms with Gasteiger partial charge in [0.25, 0.3) is 0 Å². The number of aliphatic hydroxyl groups excluding tert-OH is 2. The predicted molar refractivity (Wildman–Crippen MR) is 473 cm³/mol. The molecule has 0 spiro atoms. The number of esters is 3. The Morgan fingerprint density at radius 1 is 0.257 bits per heavy atom. The molecule has 0 rings (SSSR count). The quantitative estimate of drug-likeness (QED) is 0.0146. The molecule has 0 aliphatic rings. The summed E-state index contributed by atoms with van der Waals surface area (Å²) in [7, 11) is -9.80. The third-order valence-corrected chi connectivity index (χ3v) is 20.9. The molecule has 0 aromatic rings. The van der Waals surface area contributed by atoms with Crippen LogP contribution in [0.3, 0.4) is 0 Å². The first-order chi connectivity index (χ1) is 55.2. The van der Waals surface area contributed by atoms with Crippen molar-refractivity contribution in [3.05, 3.63) is 146 Å². The number of aliphatic hydroxyl groups is 2. The summed E-state index contributed by atoms with van der Waals surface area (Å²) in [6.07, 6.45) is 109. The highest BCUT2D eigenvalue weighted by atomic mass is 31.2. The van der Waals surface area contributed by atoms with E-state index in [1.807, 2.05) is 0 Å². The third kappa shape index (κ3) is 88.1. The van der Waals surface area contributed by atoms with Gasteiger partial charge in [0.05, 0.1) is 26.4 Å². The Labute approximate surface area is 689 Å². The molecule has 5 atom stereocenters. The van der Waals surface area contributed by atoms with Crippen LogP contribution in [0.2, 0.25) is 0 Å². The normalized spacial score (nSPS) is 14.5. The van der Waals surface area contributed by atoms with Gasteiger partial charge in [0.1, 0.15) is 25.4 Å². The summed E-state index contributed by atoms with van der Waals surface area (Å²) >= 11 is 0. The molecule has 0 aromatic heterocycles. The van der Waals surface area contributed by atoms with Crippen molar-refractivity contribution in [3.63, 3.8) is 0 Å². The molecule has 0 amide bonds. The van der Waals surface area contributed by atoms with Gasteiger partial charge in [-0.05, 0) is 141 Å². The molecular weight excluding hydrogens is 1460 g/mol. The summed E-state index contributed by atoms with van der Waals surface area (Å²) in [6.45, 7) is 2.47. The minimum absolute atomic E-state index is 0.0923. The summed E-state index contributed by atoms with van der Waals surface area (Å²) in [5.74, 6) is -1.58. The topological polar surface area (TPSA) is 231 Å². The van der Waals surface area contributed by atoms with Crippen molar-refractivity contribution in [2.75, 3.05) is 39.6 Å². The van der Waals surface area contributed by atoms with Crippen molar-refractivity contribution in [3.8, 4) is 0 Å². The van der Waals surface area contributed by atoms with Crippen molar-refractivity contribution in [1.29, 1.82) is 0 Å². The predicted octanol–water partition coefficient (Wildman–Crippen LogP) is 27.6. The minimum atomic E-state index is -4.94. The number of unbranched alkanes of at least 4 members (excludes halogenated alkanes) is 38. The van der Waals surface area contributed by atoms with Gasteiger partial charge in [0, 0.05) is 19.3 Å². The summed E-state index contributed by atoms with van der Waals surface area (Å²) in [6, 6.07) is 0. The van der Waals surface area contributed by atoms with Crippen LogP contribution in [0, 0.1) is 0 Å². The zero-order valence-electron chi connectivity index (χ0n) is 71.5. The Hall–Kier alpha value is -4.57. The standard InChI is InChI=1S/C95H164O16P2/c1-4-7-10-13-16-19-22-25-27-29-31-33-35-37-39-41-42-43-44-45-46-48-50-51-53-55-57-59-61-64-66-69-72-75-78-81-93(98)105-84-90(96)85-107-112(101,102)108-86-91(97)87-109-113(103,104)110-89-92(111-95(100)83-80-77-74-71-68-63-24-21-18-15-12-9-6-3)88-106-94(99)82-79-76-73-70-67-65-62-60-58-56-54-52-49-47-40-38-36-34-32-30-28-26-23-20-17-14-11-8-5-2/h7-8,10-11,16-17,19-21,24-28,31-34,37-40,49,52,90-92,96-97H,4-6,9,12-15,18,22-23,29-30,35-36,41-48,50-51,53-89H2,1-3H3,(H,101,102)(H,103,104)/b10-7-,11-8-,19-16-,20-17-,24-21-,27-25-,28-26-,33-31-,34-32-,39-37-,40-38-,52-49-. The molecule has 0 aromatic carbocycles. The largest absolute Gasteiger partial charge is 0.472 e. The fraction of sp³-hybridized carbons (Fsp3) is 0.716. The first-order valence-electron chi connectivity index (χ1n) is 45.1. The van der Waals surface area contributed by atoms with Crippen molar-refractivity contribution < 1.29 is 75.8 Å². The SMILES string of the molecule is CC/C=C\C/C=C\C/C=C\C/C=C\C/C=C\C/C=C\CCCCCCCCCCCCC(=O)OCC(COP(=O)(O)OCC(O)COP(=O)(O)OCC(O)COC(=O)CCCCCCCCCCCCCCCCCCCCC/C=C\C/C=C\C/C=C\C/C=C\C/C=C\CC)OC(=O)CCCCCCC/C=C\CCCCCC. The molecule has 5 unspecified atom stereocenters. The molecule has 113 heavy (non-hydrogen) atoms. The highest BCUT2D eigenvalue weighted by Crippen LogP contribution is 2.45. The molecule has 650 valence electrons. The van der Waals surface area contributed by atoms with Gasteiger partial charge in [0.15, 0.2) is 6.10 Å². The Bertz CT molecular complexity index is 2630. The zero-order valence-corrected chi connectivity index (χ0v) is 73.3. The minimum Gasteiger partial charge on any atom is -0.463 e. The summed E-state index contributed by atoms with van der Waals surface area (Å²) in [4.78, 5) is 58.8. The van der Waals surface area contributed by atoms with Gasteiger partial charge < -0.3 is 34.2 Å². The fourth-order valence-corrected chi connectivity index (χ4v) is 13.8. The van der Waals surface area contributed by atoms with Crippen molar-refractivity contribution >= 4 is 33.6 Å². The van der Waals surface area contributed by atoms with Crippen LogP contribution in [0.25, 0.3) is 0 Å². The van der Waals surface area contributed by atoms with Crippen molar-refractivity contribution in [2.45, 2.75) is 399 Å². The second kappa shape index (κ2) is 86.8. The first kappa shape index (κ1) is 108. The molecule has 0 saturated heterocycles. The van der Waals surface area contributed by atoms with Crippen LogP contribution in [0.4, 0.5) is 0 Å². The zero-order chi connectivity index (χ0) is 82.2. The van der Waals surface area contributed by atoms with E-state index in [9.17, 15) is 43.5 Å². The number of ether oxygens (including phenoxy) is 3. The van der Waals surface area contributed by atoms with Gasteiger partial charge in [-0.2, -0.15) is 0 Å². The van der Waals surface area contributed by atoms with Gasteiger partial charge in [-0.15, -0.1) is 0 Å². The van der Waals surface area contributed by atoms with Gasteiger partial charge in [-0.25, -0.2) is 9.13 Å². The van der Waals surface area contributed by atoms with Gasteiger partial charge in [-0.1, -0.05) is 366 Å². The second-order valence-electron chi connectivity index (χ2n) is 30.0. The summed E-state index contributed by atoms with van der Waals surface area (Å²) in [5.41, 5.74) is 0. The Morgan fingerprint density at radius 3 is 0.752 bits per heavy atom. The average molecular weight is 1620 g/mol. The van der Waals surface area contributed by atoms with Gasteiger partial charge in [0.2, 0.25) is 0 Å². The molecule has 0 saturated carbocycles. The van der Waals surface area contributed by atoms with E-state index < -0.39 is 91.5 Å². The number of carbonyl (C=O) groups is 3. The monoisotopic (exact) mass is 1620 g/mol. The van der Waals surface area contributed by atoms with E-state index in [-0.39, 0.29) is 19.3 Å². The van der Waals surface area contributed by atoms with E-state index >= 15 is 0 Å². The number of hydrogen-bond acceptors (Lipinski definition) is 14. The molecule has 4 N–H and O–H groups in total. The van der Waals surface area contributed by atoms with Gasteiger partial charge >= 0.3 is 33.6 Å². The van der Waals surface area contributed by atoms with Crippen LogP contribution >= 0.6 is 15.6 Å². The Morgan fingerprint density at radius 2 is 0.469 bits per heavy atom. The maximum atomic E-state index is 13.0. The lowest BCUT2D eigenvalue weighted by molar-refractivity contribution is -0.161. The molecule has 18 heteroatoms. The van der Waals surface area contributed by atoms with E-state index in [2.05, 4.69) is 167 Å². The molecular formula is C95H164O16P2. The van der Waals surface area contributed by atoms with E-state index in [1.165, 1.54) is 161 Å². The maximum Gasteiger partial charge on any atom is 0.472 e. The van der Waals surface area contributed by atoms with Crippen LogP contribution in [0.15, 0.2) is 146 Å². The lowest BCUT2D eigenvalue weighted by Crippen LogP contribution is -2.30. The number of carbonyl (C=O) groups excluding carboxylic acids is 3. The lowest BCUT2D eigenvalue weighted by atomic mass is 10.0. The van der Waals surface area contributed by atoms with E-state index in [0.717, 1.165) is 161 Å². The van der Waals surface area contributed by atoms with Crippen LogP contribution in [-0.4, -0.2) is 95.9 Å². The van der Waals surface area contributed by atoms with Crippen LogP contribution in [0.1, 0.15) is 380 Å². The number of phosphoric ester groups is 2. The molecule has 0 aliphatic heterocycles. The van der Waals surface area contributed by atoms with Crippen molar-refractivity contribution in [2.24, 2.45) is 0 Å². The Kier molecular flexibility index (Phi) is 83.3. The highest BCUT2D eigenvalue weighted by Gasteiger charge is 2.29. The first-order valence-corrected chi connectivity index (χ1v) is 48.1. The summed E-state index contributed by atoms with van der Waals surface area (Å²) < 4.78 is 61.3. The number of hydrogen-bond donors (Lipinski definition) is 4. The number of phosphoric acid groups is 2. The lowest BCUT2D eigenvalue weighted by Gasteiger charge is -2.21. The number of rotatable bonds is 85. The van der Waals surface area contributed by atoms with Crippen molar-refractivity contribution in [1.82, 2.24) is 0 Å². The maximum absolute atomic E-state index is 13.0. The Balaban J connectivity index is 4.39. The van der Waals surface area contributed by atoms with Gasteiger partial charge in [-0.3, -0.25) is 32.5 Å². The molecule has 0 heterocycles.